The molecule has 0 aliphatic rings. The molecule has 5 nitrogen and oxygen atoms in total. The molecule has 2 aromatic rings. The third-order valence-electron chi connectivity index (χ3n) is 4.70. The SMILES string of the molecule is CCN(CC)CC(O)COc1ccc(CNCc2cccc(F)c2F)cc1OC. The van der Waals surface area contributed by atoms with Crippen LogP contribution in [-0.4, -0.2) is 49.5 Å². The van der Waals surface area contributed by atoms with Gasteiger partial charge in [-0.2, -0.15) is 0 Å². The van der Waals surface area contributed by atoms with E-state index in [1.165, 1.54) is 6.07 Å². The fourth-order valence-electron chi connectivity index (χ4n) is 2.99. The average Bonchev–Trinajstić information content (AvgIpc) is 2.73. The number of nitrogens with one attached hydrogen (secondary N) is 1. The Balaban J connectivity index is 1.90. The zero-order valence-electron chi connectivity index (χ0n) is 17.3. The Bertz CT molecular complexity index is 770. The van der Waals surface area contributed by atoms with Crippen molar-refractivity contribution in [3.8, 4) is 11.5 Å². The summed E-state index contributed by atoms with van der Waals surface area (Å²) in [6, 6.07) is 9.60. The van der Waals surface area contributed by atoms with Gasteiger partial charge in [-0.1, -0.05) is 32.0 Å². The van der Waals surface area contributed by atoms with E-state index in [9.17, 15) is 13.9 Å². The van der Waals surface area contributed by atoms with E-state index in [2.05, 4.69) is 24.1 Å². The van der Waals surface area contributed by atoms with Crippen LogP contribution in [0.4, 0.5) is 8.78 Å². The Morgan fingerprint density at radius 1 is 1.07 bits per heavy atom. The zero-order chi connectivity index (χ0) is 21.2. The Morgan fingerprint density at radius 3 is 2.52 bits per heavy atom. The number of hydrogen-bond acceptors (Lipinski definition) is 5. The first-order chi connectivity index (χ1) is 14.0. The number of aliphatic hydroxyl groups is 1. The molecule has 0 saturated carbocycles. The van der Waals surface area contributed by atoms with Crippen LogP contribution in [0, 0.1) is 11.6 Å². The maximum Gasteiger partial charge on any atom is 0.163 e. The highest BCUT2D eigenvalue weighted by atomic mass is 19.2. The standard InChI is InChI=1S/C22H30F2N2O3/c1-4-26(5-2)14-18(27)15-29-20-10-9-16(11-21(20)28-3)12-25-13-17-7-6-8-19(23)22(17)24/h6-11,18,25,27H,4-5,12-15H2,1-3H3. The van der Waals surface area contributed by atoms with Crippen LogP contribution in [0.1, 0.15) is 25.0 Å². The van der Waals surface area contributed by atoms with Crippen molar-refractivity contribution in [2.45, 2.75) is 33.0 Å². The smallest absolute Gasteiger partial charge is 0.163 e. The molecule has 0 aliphatic heterocycles. The molecule has 0 aliphatic carbocycles. The third-order valence-corrected chi connectivity index (χ3v) is 4.70. The lowest BCUT2D eigenvalue weighted by Gasteiger charge is -2.22. The van der Waals surface area contributed by atoms with Gasteiger partial charge in [0.15, 0.2) is 23.1 Å². The second-order valence-electron chi connectivity index (χ2n) is 6.75. The summed E-state index contributed by atoms with van der Waals surface area (Å²) in [5, 5.41) is 13.2. The van der Waals surface area contributed by atoms with Gasteiger partial charge in [-0.15, -0.1) is 0 Å². The van der Waals surface area contributed by atoms with Crippen LogP contribution < -0.4 is 14.8 Å². The van der Waals surface area contributed by atoms with Crippen molar-refractivity contribution in [3.63, 3.8) is 0 Å². The highest BCUT2D eigenvalue weighted by Crippen LogP contribution is 2.28. The second kappa shape index (κ2) is 11.7. The molecule has 0 saturated heterocycles. The fourth-order valence-corrected chi connectivity index (χ4v) is 2.99. The molecular weight excluding hydrogens is 378 g/mol. The topological polar surface area (TPSA) is 54.0 Å². The normalized spacial score (nSPS) is 12.2. The largest absolute Gasteiger partial charge is 0.493 e. The zero-order valence-corrected chi connectivity index (χ0v) is 17.3. The monoisotopic (exact) mass is 408 g/mol. The first-order valence-electron chi connectivity index (χ1n) is 9.82. The molecule has 0 radical (unpaired) electrons. The van der Waals surface area contributed by atoms with Crippen LogP contribution in [0.3, 0.4) is 0 Å². The number of rotatable bonds is 12. The van der Waals surface area contributed by atoms with E-state index in [0.717, 1.165) is 24.7 Å². The van der Waals surface area contributed by atoms with E-state index in [-0.39, 0.29) is 18.7 Å². The molecule has 29 heavy (non-hydrogen) atoms. The van der Waals surface area contributed by atoms with Gasteiger partial charge in [0.25, 0.3) is 0 Å². The molecule has 2 aromatic carbocycles. The minimum Gasteiger partial charge on any atom is -0.493 e. The maximum atomic E-state index is 13.7. The number of benzene rings is 2. The highest BCUT2D eigenvalue weighted by Gasteiger charge is 2.12. The molecule has 0 spiro atoms. The van der Waals surface area contributed by atoms with E-state index in [1.807, 2.05) is 12.1 Å². The summed E-state index contributed by atoms with van der Waals surface area (Å²) in [6.45, 7) is 7.23. The van der Waals surface area contributed by atoms with Gasteiger partial charge in [0.2, 0.25) is 0 Å². The Kier molecular flexibility index (Phi) is 9.31. The Hall–Kier alpha value is -2.22. The molecular formula is C22H30F2N2O3. The van der Waals surface area contributed by atoms with Crippen LogP contribution in [0.5, 0.6) is 11.5 Å². The number of halogens is 2. The number of hydrogen-bond donors (Lipinski definition) is 2. The molecule has 0 bridgehead atoms. The summed E-state index contributed by atoms with van der Waals surface area (Å²) in [6.07, 6.45) is -0.595. The first kappa shape index (κ1) is 23.1. The molecule has 2 rings (SSSR count). The van der Waals surface area contributed by atoms with Gasteiger partial charge in [-0.3, -0.25) is 0 Å². The minimum absolute atomic E-state index is 0.170. The van der Waals surface area contributed by atoms with Crippen molar-refractivity contribution in [2.75, 3.05) is 33.4 Å². The molecule has 7 heteroatoms. The number of aliphatic hydroxyl groups excluding tert-OH is 1. The first-order valence-corrected chi connectivity index (χ1v) is 9.82. The van der Waals surface area contributed by atoms with Crippen LogP contribution in [0.25, 0.3) is 0 Å². The summed E-state index contributed by atoms with van der Waals surface area (Å²) < 4.78 is 38.1. The van der Waals surface area contributed by atoms with Crippen molar-refractivity contribution in [1.29, 1.82) is 0 Å². The molecule has 0 fully saturated rings. The molecule has 160 valence electrons. The summed E-state index contributed by atoms with van der Waals surface area (Å²) in [5.41, 5.74) is 1.19. The summed E-state index contributed by atoms with van der Waals surface area (Å²) >= 11 is 0. The predicted octanol–water partition coefficient (Wildman–Crippen LogP) is 3.34. The van der Waals surface area contributed by atoms with Crippen molar-refractivity contribution in [1.82, 2.24) is 10.2 Å². The summed E-state index contributed by atoms with van der Waals surface area (Å²) in [7, 11) is 1.55. The lowest BCUT2D eigenvalue weighted by Crippen LogP contribution is -2.35. The number of nitrogens with zero attached hydrogens (tertiary/aromatic N) is 1. The van der Waals surface area contributed by atoms with E-state index < -0.39 is 17.7 Å². The predicted molar refractivity (Wildman–Crippen MR) is 109 cm³/mol. The summed E-state index contributed by atoms with van der Waals surface area (Å²) in [5.74, 6) is -0.581. The average molecular weight is 408 g/mol. The van der Waals surface area contributed by atoms with E-state index >= 15 is 0 Å². The fraction of sp³-hybridized carbons (Fsp3) is 0.455. The molecule has 1 unspecified atom stereocenters. The second-order valence-corrected chi connectivity index (χ2v) is 6.75. The van der Waals surface area contributed by atoms with Crippen LogP contribution >= 0.6 is 0 Å². The quantitative estimate of drug-likeness (QED) is 0.564. The van der Waals surface area contributed by atoms with Gasteiger partial charge in [-0.25, -0.2) is 8.78 Å². The van der Waals surface area contributed by atoms with Crippen LogP contribution in [0.2, 0.25) is 0 Å². The van der Waals surface area contributed by atoms with Crippen molar-refractivity contribution in [2.24, 2.45) is 0 Å². The van der Waals surface area contributed by atoms with E-state index in [4.69, 9.17) is 9.47 Å². The maximum absolute atomic E-state index is 13.7. The Morgan fingerprint density at radius 2 is 1.83 bits per heavy atom. The molecule has 1 atom stereocenters. The van der Waals surface area contributed by atoms with Gasteiger partial charge in [0.05, 0.1) is 7.11 Å². The number of methoxy groups -OCH3 is 1. The summed E-state index contributed by atoms with van der Waals surface area (Å²) in [4.78, 5) is 2.13. The molecule has 2 N–H and O–H groups in total. The van der Waals surface area contributed by atoms with Crippen LogP contribution in [-0.2, 0) is 13.1 Å². The van der Waals surface area contributed by atoms with E-state index in [1.54, 1.807) is 19.2 Å². The number of likely N-dealkylation sites (N-methyl/N-ethyl adjacent to an activating group) is 1. The molecule has 0 heterocycles. The number of ether oxygens (including phenoxy) is 2. The minimum atomic E-state index is -0.851. The Labute approximate surface area is 171 Å². The van der Waals surface area contributed by atoms with Gasteiger partial charge in [-0.05, 0) is 36.9 Å². The van der Waals surface area contributed by atoms with Gasteiger partial charge in [0.1, 0.15) is 12.7 Å². The van der Waals surface area contributed by atoms with Crippen molar-refractivity contribution >= 4 is 0 Å². The van der Waals surface area contributed by atoms with Gasteiger partial charge < -0.3 is 24.8 Å². The van der Waals surface area contributed by atoms with E-state index in [0.29, 0.717) is 24.6 Å². The molecule has 0 aromatic heterocycles. The third kappa shape index (κ3) is 6.96. The lowest BCUT2D eigenvalue weighted by molar-refractivity contribution is 0.0705. The van der Waals surface area contributed by atoms with Crippen LogP contribution in [0.15, 0.2) is 36.4 Å². The van der Waals surface area contributed by atoms with Crippen molar-refractivity contribution in [3.05, 3.63) is 59.2 Å². The molecule has 0 amide bonds. The highest BCUT2D eigenvalue weighted by molar-refractivity contribution is 5.43. The lowest BCUT2D eigenvalue weighted by atomic mass is 10.1. The van der Waals surface area contributed by atoms with Crippen molar-refractivity contribution < 1.29 is 23.4 Å². The van der Waals surface area contributed by atoms with Gasteiger partial charge in [0, 0.05) is 25.2 Å². The van der Waals surface area contributed by atoms with Gasteiger partial charge >= 0.3 is 0 Å².